The summed E-state index contributed by atoms with van der Waals surface area (Å²) in [5.41, 5.74) is 0. The van der Waals surface area contributed by atoms with Crippen LogP contribution in [-0.4, -0.2) is 19.0 Å². The molecule has 0 N–H and O–H groups in total. The minimum atomic E-state index is 0.728. The van der Waals surface area contributed by atoms with Crippen LogP contribution in [-0.2, 0) is 0 Å². The molecule has 0 unspecified atom stereocenters. The van der Waals surface area contributed by atoms with Gasteiger partial charge in [-0.05, 0) is 22.7 Å². The second kappa shape index (κ2) is 5.64. The molecular formula is C12H13BrO2S. The Morgan fingerprint density at radius 1 is 1.31 bits per heavy atom. The minimum absolute atomic E-state index is 0.728. The van der Waals surface area contributed by atoms with Gasteiger partial charge in [-0.1, -0.05) is 22.5 Å². The second-order valence-electron chi connectivity index (χ2n) is 3.46. The molecule has 0 saturated heterocycles. The first-order valence-corrected chi connectivity index (χ1v) is 6.89. The fraction of sp³-hybridized carbons (Fsp3) is 0.333. The number of ether oxygens (including phenoxy) is 2. The van der Waals surface area contributed by atoms with Gasteiger partial charge in [0, 0.05) is 17.1 Å². The van der Waals surface area contributed by atoms with Gasteiger partial charge in [-0.15, -0.1) is 11.8 Å². The third-order valence-electron chi connectivity index (χ3n) is 2.11. The van der Waals surface area contributed by atoms with Crippen LogP contribution in [0.15, 0.2) is 34.2 Å². The van der Waals surface area contributed by atoms with Gasteiger partial charge >= 0.3 is 0 Å². The lowest BCUT2D eigenvalue weighted by Gasteiger charge is -2.08. The fourth-order valence-electron chi connectivity index (χ4n) is 1.40. The maximum Gasteiger partial charge on any atom is 0.162 e. The highest BCUT2D eigenvalue weighted by Crippen LogP contribution is 2.34. The molecule has 0 amide bonds. The van der Waals surface area contributed by atoms with Crippen molar-refractivity contribution < 1.29 is 9.47 Å². The topological polar surface area (TPSA) is 18.5 Å². The van der Waals surface area contributed by atoms with Gasteiger partial charge in [0.15, 0.2) is 11.5 Å². The van der Waals surface area contributed by atoms with E-state index in [0.717, 1.165) is 41.4 Å². The molecule has 0 saturated carbocycles. The second-order valence-corrected chi connectivity index (χ2v) is 5.64. The monoisotopic (exact) mass is 300 g/mol. The SMILES string of the molecule is C=C(Br)CSc1ccc2c(c1)OCCCO2. The summed E-state index contributed by atoms with van der Waals surface area (Å²) >= 11 is 5.07. The lowest BCUT2D eigenvalue weighted by molar-refractivity contribution is 0.297. The van der Waals surface area contributed by atoms with E-state index in [4.69, 9.17) is 9.47 Å². The van der Waals surface area contributed by atoms with E-state index in [1.165, 1.54) is 4.90 Å². The van der Waals surface area contributed by atoms with Crippen molar-refractivity contribution in [2.75, 3.05) is 19.0 Å². The maximum atomic E-state index is 5.62. The smallest absolute Gasteiger partial charge is 0.162 e. The molecule has 1 aliphatic heterocycles. The van der Waals surface area contributed by atoms with Crippen molar-refractivity contribution in [3.8, 4) is 11.5 Å². The number of hydrogen-bond donors (Lipinski definition) is 0. The quantitative estimate of drug-likeness (QED) is 0.790. The number of benzene rings is 1. The molecule has 86 valence electrons. The molecule has 0 spiro atoms. The average molecular weight is 301 g/mol. The zero-order valence-electron chi connectivity index (χ0n) is 8.87. The van der Waals surface area contributed by atoms with Crippen LogP contribution in [0.4, 0.5) is 0 Å². The Kier molecular flexibility index (Phi) is 4.18. The van der Waals surface area contributed by atoms with Crippen LogP contribution in [0.2, 0.25) is 0 Å². The highest BCUT2D eigenvalue weighted by Gasteiger charge is 2.10. The Balaban J connectivity index is 2.11. The first-order chi connectivity index (χ1) is 7.75. The van der Waals surface area contributed by atoms with Crippen LogP contribution in [0.3, 0.4) is 0 Å². The molecule has 0 radical (unpaired) electrons. The van der Waals surface area contributed by atoms with Gasteiger partial charge < -0.3 is 9.47 Å². The number of thioether (sulfide) groups is 1. The molecule has 1 aromatic rings. The average Bonchev–Trinajstić information content (AvgIpc) is 2.50. The van der Waals surface area contributed by atoms with Gasteiger partial charge in [0.05, 0.1) is 13.2 Å². The molecule has 1 aromatic carbocycles. The Hall–Kier alpha value is -0.610. The van der Waals surface area contributed by atoms with E-state index in [-0.39, 0.29) is 0 Å². The summed E-state index contributed by atoms with van der Waals surface area (Å²) < 4.78 is 12.2. The Morgan fingerprint density at radius 3 is 2.81 bits per heavy atom. The van der Waals surface area contributed by atoms with E-state index in [9.17, 15) is 0 Å². The van der Waals surface area contributed by atoms with Crippen molar-refractivity contribution >= 4 is 27.7 Å². The summed E-state index contributed by atoms with van der Waals surface area (Å²) in [5, 5.41) is 0. The summed E-state index contributed by atoms with van der Waals surface area (Å²) in [5.74, 6) is 2.56. The molecule has 1 aliphatic rings. The maximum absolute atomic E-state index is 5.62. The molecule has 16 heavy (non-hydrogen) atoms. The fourth-order valence-corrected chi connectivity index (χ4v) is 2.42. The summed E-state index contributed by atoms with van der Waals surface area (Å²) in [7, 11) is 0. The van der Waals surface area contributed by atoms with Gasteiger partial charge in [0.25, 0.3) is 0 Å². The molecule has 0 bridgehead atoms. The van der Waals surface area contributed by atoms with Crippen LogP contribution in [0.1, 0.15) is 6.42 Å². The predicted octanol–water partition coefficient (Wildman–Crippen LogP) is 3.85. The lowest BCUT2D eigenvalue weighted by Crippen LogP contribution is -1.97. The number of hydrogen-bond acceptors (Lipinski definition) is 3. The number of fused-ring (bicyclic) bond motifs is 1. The molecule has 2 nitrogen and oxygen atoms in total. The Labute approximate surface area is 108 Å². The van der Waals surface area contributed by atoms with Crippen LogP contribution in [0.25, 0.3) is 0 Å². The summed E-state index contributed by atoms with van der Waals surface area (Å²) in [6, 6.07) is 6.05. The van der Waals surface area contributed by atoms with E-state index in [1.54, 1.807) is 11.8 Å². The summed E-state index contributed by atoms with van der Waals surface area (Å²) in [4.78, 5) is 1.17. The Morgan fingerprint density at radius 2 is 2.06 bits per heavy atom. The summed E-state index contributed by atoms with van der Waals surface area (Å²) in [6.45, 7) is 5.27. The zero-order chi connectivity index (χ0) is 11.4. The van der Waals surface area contributed by atoms with Gasteiger partial charge in [-0.2, -0.15) is 0 Å². The molecule has 1 heterocycles. The van der Waals surface area contributed by atoms with Crippen LogP contribution < -0.4 is 9.47 Å². The molecule has 0 fully saturated rings. The van der Waals surface area contributed by atoms with Crippen molar-refractivity contribution in [3.63, 3.8) is 0 Å². The van der Waals surface area contributed by atoms with Crippen molar-refractivity contribution in [2.24, 2.45) is 0 Å². The third-order valence-corrected chi connectivity index (χ3v) is 3.85. The van der Waals surface area contributed by atoms with Crippen LogP contribution in [0, 0.1) is 0 Å². The van der Waals surface area contributed by atoms with Gasteiger partial charge in [-0.3, -0.25) is 0 Å². The standard InChI is InChI=1S/C12H13BrO2S/c1-9(13)8-16-10-3-4-11-12(7-10)15-6-2-5-14-11/h3-4,7H,1-2,5-6,8H2. The first kappa shape index (κ1) is 11.9. The van der Waals surface area contributed by atoms with E-state index in [1.807, 2.05) is 18.2 Å². The van der Waals surface area contributed by atoms with E-state index >= 15 is 0 Å². The minimum Gasteiger partial charge on any atom is -0.490 e. The van der Waals surface area contributed by atoms with Gasteiger partial charge in [0.2, 0.25) is 0 Å². The van der Waals surface area contributed by atoms with E-state index < -0.39 is 0 Å². The lowest BCUT2D eigenvalue weighted by atomic mass is 10.3. The van der Waals surface area contributed by atoms with Gasteiger partial charge in [-0.25, -0.2) is 0 Å². The van der Waals surface area contributed by atoms with E-state index in [0.29, 0.717) is 0 Å². The molecule has 0 aliphatic carbocycles. The molecular weight excluding hydrogens is 288 g/mol. The highest BCUT2D eigenvalue weighted by molar-refractivity contribution is 9.11. The summed E-state index contributed by atoms with van der Waals surface area (Å²) in [6.07, 6.45) is 0.940. The number of halogens is 1. The Bertz CT molecular complexity index is 393. The van der Waals surface area contributed by atoms with Crippen molar-refractivity contribution in [1.82, 2.24) is 0 Å². The van der Waals surface area contributed by atoms with Gasteiger partial charge in [0.1, 0.15) is 0 Å². The molecule has 4 heteroatoms. The van der Waals surface area contributed by atoms with Crippen molar-refractivity contribution in [2.45, 2.75) is 11.3 Å². The predicted molar refractivity (Wildman–Crippen MR) is 70.8 cm³/mol. The normalized spacial score (nSPS) is 14.3. The molecule has 0 atom stereocenters. The van der Waals surface area contributed by atoms with Crippen molar-refractivity contribution in [3.05, 3.63) is 29.3 Å². The zero-order valence-corrected chi connectivity index (χ0v) is 11.3. The largest absolute Gasteiger partial charge is 0.490 e. The van der Waals surface area contributed by atoms with Crippen LogP contribution in [0.5, 0.6) is 11.5 Å². The van der Waals surface area contributed by atoms with Crippen LogP contribution >= 0.6 is 27.7 Å². The molecule has 2 rings (SSSR count). The first-order valence-electron chi connectivity index (χ1n) is 5.11. The number of rotatable bonds is 3. The van der Waals surface area contributed by atoms with E-state index in [2.05, 4.69) is 22.5 Å². The highest BCUT2D eigenvalue weighted by atomic mass is 79.9. The van der Waals surface area contributed by atoms with Crippen molar-refractivity contribution in [1.29, 1.82) is 0 Å². The third kappa shape index (κ3) is 3.19. The molecule has 0 aromatic heterocycles.